The summed E-state index contributed by atoms with van der Waals surface area (Å²) in [5, 5.41) is 4.69. The summed E-state index contributed by atoms with van der Waals surface area (Å²) in [5.74, 6) is 0. The van der Waals surface area contributed by atoms with Crippen LogP contribution in [0.15, 0.2) is 106 Å². The maximum absolute atomic E-state index is 6.39. The molecule has 0 unspecified atom stereocenters. The number of pyridine rings is 1. The molecule has 148 valence electrons. The van der Waals surface area contributed by atoms with E-state index in [2.05, 4.69) is 83.4 Å². The number of fused-ring (bicyclic) bond motifs is 1. The van der Waals surface area contributed by atoms with Gasteiger partial charge < -0.3 is 8.83 Å². The molecule has 0 amide bonds. The lowest BCUT2D eigenvalue weighted by molar-refractivity contribution is -0.536. The van der Waals surface area contributed by atoms with Gasteiger partial charge in [-0.15, -0.1) is 0 Å². The van der Waals surface area contributed by atoms with Crippen LogP contribution >= 0.6 is 0 Å². The molecule has 2 aliphatic heterocycles. The molecule has 1 aromatic heterocycles. The fourth-order valence-corrected chi connectivity index (χ4v) is 5.42. The number of rotatable bonds is 1. The molecule has 0 atom stereocenters. The molecule has 0 aliphatic carbocycles. The van der Waals surface area contributed by atoms with E-state index >= 15 is 0 Å². The van der Waals surface area contributed by atoms with Crippen LogP contribution < -0.4 is 4.57 Å². The quantitative estimate of drug-likeness (QED) is 0.160. The molecule has 0 saturated carbocycles. The smallest absolute Gasteiger partial charge is 0.223 e. The average Bonchev–Trinajstić information content (AvgIpc) is 2.84. The van der Waals surface area contributed by atoms with Crippen molar-refractivity contribution in [3.8, 4) is 16.8 Å². The Hall–Kier alpha value is -4.37. The Labute approximate surface area is 182 Å². The van der Waals surface area contributed by atoms with Crippen LogP contribution in [0.25, 0.3) is 71.7 Å². The van der Waals surface area contributed by atoms with Gasteiger partial charge in [0, 0.05) is 23.8 Å². The van der Waals surface area contributed by atoms with Gasteiger partial charge in [0.15, 0.2) is 0 Å². The molecule has 3 heterocycles. The zero-order chi connectivity index (χ0) is 20.8. The van der Waals surface area contributed by atoms with E-state index in [1.807, 2.05) is 18.2 Å². The Morgan fingerprint density at radius 2 is 1.03 bits per heavy atom. The Morgan fingerprint density at radius 1 is 0.469 bits per heavy atom. The van der Waals surface area contributed by atoms with Gasteiger partial charge in [-0.1, -0.05) is 48.5 Å². The number of benzene rings is 5. The van der Waals surface area contributed by atoms with Crippen LogP contribution in [0.2, 0.25) is 0 Å². The lowest BCUT2D eigenvalue weighted by Gasteiger charge is -2.19. The lowest BCUT2D eigenvalue weighted by atomic mass is 9.92. The Bertz CT molecular complexity index is 1840. The highest BCUT2D eigenvalue weighted by Crippen LogP contribution is 2.47. The highest BCUT2D eigenvalue weighted by atomic mass is 16.3. The largest absolute Gasteiger partial charge is 0.456 e. The first kappa shape index (κ1) is 16.3. The molecule has 0 fully saturated rings. The molecule has 0 N–H and O–H groups in total. The van der Waals surface area contributed by atoms with Gasteiger partial charge >= 0.3 is 0 Å². The zero-order valence-corrected chi connectivity index (χ0v) is 17.0. The summed E-state index contributed by atoms with van der Waals surface area (Å²) in [5.41, 5.74) is 9.12. The molecule has 0 radical (unpaired) electrons. The Kier molecular flexibility index (Phi) is 2.89. The van der Waals surface area contributed by atoms with Gasteiger partial charge in [-0.3, -0.25) is 0 Å². The van der Waals surface area contributed by atoms with Crippen LogP contribution in [-0.4, -0.2) is 0 Å². The highest BCUT2D eigenvalue weighted by molar-refractivity contribution is 6.22. The summed E-state index contributed by atoms with van der Waals surface area (Å²) < 4.78 is 15.1. The maximum atomic E-state index is 6.39. The van der Waals surface area contributed by atoms with Gasteiger partial charge in [-0.05, 0) is 35.7 Å². The van der Waals surface area contributed by atoms with E-state index in [0.29, 0.717) is 0 Å². The summed E-state index contributed by atoms with van der Waals surface area (Å²) in [6.45, 7) is 0. The summed E-state index contributed by atoms with van der Waals surface area (Å²) >= 11 is 0. The summed E-state index contributed by atoms with van der Waals surface area (Å²) in [6, 6.07) is 33.7. The molecule has 6 aromatic rings. The molecular formula is C29H16NO2+. The number of hydrogen-bond donors (Lipinski definition) is 0. The minimum atomic E-state index is 0.848. The molecule has 8 rings (SSSR count). The topological polar surface area (TPSA) is 30.2 Å². The van der Waals surface area contributed by atoms with Crippen molar-refractivity contribution in [2.24, 2.45) is 0 Å². The molecule has 5 aromatic carbocycles. The van der Waals surface area contributed by atoms with Crippen molar-refractivity contribution in [2.75, 3.05) is 0 Å². The first-order valence-electron chi connectivity index (χ1n) is 10.8. The van der Waals surface area contributed by atoms with Gasteiger partial charge in [0.1, 0.15) is 22.3 Å². The monoisotopic (exact) mass is 410 g/mol. The van der Waals surface area contributed by atoms with Gasteiger partial charge in [0.05, 0.1) is 21.7 Å². The van der Waals surface area contributed by atoms with Crippen LogP contribution in [0.5, 0.6) is 0 Å². The van der Waals surface area contributed by atoms with Crippen molar-refractivity contribution in [3.05, 3.63) is 97.1 Å². The van der Waals surface area contributed by atoms with E-state index in [-0.39, 0.29) is 0 Å². The minimum absolute atomic E-state index is 0.848. The van der Waals surface area contributed by atoms with Gasteiger partial charge in [0.25, 0.3) is 0 Å². The van der Waals surface area contributed by atoms with Crippen molar-refractivity contribution < 1.29 is 13.4 Å². The second-order valence-corrected chi connectivity index (χ2v) is 8.34. The zero-order valence-electron chi connectivity index (χ0n) is 17.0. The highest BCUT2D eigenvalue weighted by Gasteiger charge is 2.32. The fourth-order valence-electron chi connectivity index (χ4n) is 5.42. The minimum Gasteiger partial charge on any atom is -0.456 e. The van der Waals surface area contributed by atoms with E-state index < -0.39 is 0 Å². The van der Waals surface area contributed by atoms with Crippen LogP contribution in [0, 0.1) is 0 Å². The molecule has 2 aliphatic rings. The lowest BCUT2D eigenvalue weighted by Crippen LogP contribution is -2.33. The third-order valence-corrected chi connectivity index (χ3v) is 6.68. The first-order chi connectivity index (χ1) is 15.9. The fraction of sp³-hybridized carbons (Fsp3) is 0. The van der Waals surface area contributed by atoms with Crippen molar-refractivity contribution in [1.29, 1.82) is 0 Å². The van der Waals surface area contributed by atoms with E-state index in [4.69, 9.17) is 8.83 Å². The van der Waals surface area contributed by atoms with Gasteiger partial charge in [-0.2, -0.15) is 4.57 Å². The third-order valence-electron chi connectivity index (χ3n) is 6.68. The SMILES string of the molecule is c1cc2oc3cccc4c3c3c5c(cccc5[n+]4-c4cccc5ccccc45)oc(c1)c2-3. The van der Waals surface area contributed by atoms with Crippen molar-refractivity contribution in [2.45, 2.75) is 0 Å². The Morgan fingerprint density at radius 3 is 1.75 bits per heavy atom. The molecule has 0 bridgehead atoms. The second-order valence-electron chi connectivity index (χ2n) is 8.34. The Balaban J connectivity index is 1.73. The molecule has 0 saturated heterocycles. The standard InChI is InChI=1S/C29H16NO2/c1-2-9-18-17(7-1)8-3-10-19(18)30-20-11-4-13-22-26(20)29-27-21(30)12-5-14-23(27)32-25-16-6-15-24(31-22)28(25)29/h1-16H/q+1. The van der Waals surface area contributed by atoms with Crippen molar-refractivity contribution >= 4 is 54.9 Å². The summed E-state index contributed by atoms with van der Waals surface area (Å²) in [6.07, 6.45) is 0. The van der Waals surface area contributed by atoms with Crippen molar-refractivity contribution in [1.82, 2.24) is 0 Å². The molecule has 3 heteroatoms. The summed E-state index contributed by atoms with van der Waals surface area (Å²) in [4.78, 5) is 0. The molecule has 3 nitrogen and oxygen atoms in total. The van der Waals surface area contributed by atoms with Gasteiger partial charge in [0.2, 0.25) is 16.7 Å². The van der Waals surface area contributed by atoms with Crippen LogP contribution in [0.4, 0.5) is 0 Å². The number of aromatic nitrogens is 1. The molecular weight excluding hydrogens is 394 g/mol. The van der Waals surface area contributed by atoms with Crippen LogP contribution in [-0.2, 0) is 0 Å². The maximum Gasteiger partial charge on any atom is 0.223 e. The average molecular weight is 410 g/mol. The van der Waals surface area contributed by atoms with E-state index in [1.54, 1.807) is 0 Å². The normalized spacial score (nSPS) is 12.4. The van der Waals surface area contributed by atoms with Crippen LogP contribution in [0.1, 0.15) is 0 Å². The number of nitrogens with zero attached hydrogens (tertiary/aromatic N) is 1. The summed E-state index contributed by atoms with van der Waals surface area (Å²) in [7, 11) is 0. The van der Waals surface area contributed by atoms with Crippen LogP contribution in [0.3, 0.4) is 0 Å². The first-order valence-corrected chi connectivity index (χ1v) is 10.8. The van der Waals surface area contributed by atoms with Gasteiger partial charge in [-0.25, -0.2) is 0 Å². The second kappa shape index (κ2) is 5.65. The number of hydrogen-bond acceptors (Lipinski definition) is 2. The van der Waals surface area contributed by atoms with E-state index in [1.165, 1.54) is 16.3 Å². The molecule has 32 heavy (non-hydrogen) atoms. The van der Waals surface area contributed by atoms with Crippen molar-refractivity contribution in [3.63, 3.8) is 0 Å². The van der Waals surface area contributed by atoms with E-state index in [0.717, 1.165) is 55.4 Å². The molecule has 0 spiro atoms. The van der Waals surface area contributed by atoms with E-state index in [9.17, 15) is 0 Å². The third kappa shape index (κ3) is 1.89. The predicted octanol–water partition coefficient (Wildman–Crippen LogP) is 7.46. The predicted molar refractivity (Wildman–Crippen MR) is 128 cm³/mol.